The molecule has 1 amide bonds. The molecule has 0 atom stereocenters. The Morgan fingerprint density at radius 3 is 3.00 bits per heavy atom. The third kappa shape index (κ3) is 5.85. The first-order valence-electron chi connectivity index (χ1n) is 8.59. The van der Waals surface area contributed by atoms with E-state index in [1.165, 1.54) is 30.0 Å². The smallest absolute Gasteiger partial charge is 0.230 e. The molecule has 0 bridgehead atoms. The number of allylic oxidation sites excluding steroid dienone is 1. The largest absolute Gasteiger partial charge is 0.484 e. The van der Waals surface area contributed by atoms with Crippen molar-refractivity contribution in [3.8, 4) is 5.75 Å². The van der Waals surface area contributed by atoms with Crippen LogP contribution in [-0.4, -0.2) is 26.4 Å². The molecular formula is C19H18ClFN4O3S. The van der Waals surface area contributed by atoms with Gasteiger partial charge in [-0.15, -0.1) is 16.8 Å². The van der Waals surface area contributed by atoms with Crippen LogP contribution in [0.3, 0.4) is 0 Å². The molecule has 0 fully saturated rings. The first kappa shape index (κ1) is 20.9. The summed E-state index contributed by atoms with van der Waals surface area (Å²) in [7, 11) is 0. The number of rotatable bonds is 10. The predicted octanol–water partition coefficient (Wildman–Crippen LogP) is 3.84. The number of aromatic nitrogens is 3. The summed E-state index contributed by atoms with van der Waals surface area (Å²) in [4.78, 5) is 12.0. The summed E-state index contributed by atoms with van der Waals surface area (Å²) in [6.45, 7) is 4.58. The Labute approximate surface area is 175 Å². The van der Waals surface area contributed by atoms with Gasteiger partial charge in [-0.25, -0.2) is 4.39 Å². The highest BCUT2D eigenvalue weighted by Crippen LogP contribution is 2.26. The standard InChI is InChI=1S/C19H18ClFN4O3S/c1-2-7-25-17(11-28-16-6-5-13(21)9-15(16)20)23-24-19(25)29-12-18(26)22-10-14-4-3-8-27-14/h2-6,8-9H,1,7,10-12H2,(H,22,26). The van der Waals surface area contributed by atoms with Gasteiger partial charge in [0.15, 0.2) is 11.0 Å². The van der Waals surface area contributed by atoms with E-state index < -0.39 is 5.82 Å². The van der Waals surface area contributed by atoms with Gasteiger partial charge < -0.3 is 14.5 Å². The second-order valence-corrected chi connectivity index (χ2v) is 7.16. The summed E-state index contributed by atoms with van der Waals surface area (Å²) in [5.74, 6) is 1.12. The first-order valence-corrected chi connectivity index (χ1v) is 9.96. The fourth-order valence-corrected chi connectivity index (χ4v) is 3.38. The van der Waals surface area contributed by atoms with Crippen molar-refractivity contribution in [3.63, 3.8) is 0 Å². The Hall–Kier alpha value is -2.78. The molecule has 3 aromatic rings. The van der Waals surface area contributed by atoms with Crippen molar-refractivity contribution in [2.24, 2.45) is 0 Å². The lowest BCUT2D eigenvalue weighted by Gasteiger charge is -2.10. The number of thioether (sulfide) groups is 1. The van der Waals surface area contributed by atoms with Gasteiger partial charge in [0, 0.05) is 6.54 Å². The van der Waals surface area contributed by atoms with Gasteiger partial charge in [-0.3, -0.25) is 9.36 Å². The second-order valence-electron chi connectivity index (χ2n) is 5.81. The van der Waals surface area contributed by atoms with Crippen molar-refractivity contribution in [2.75, 3.05) is 5.75 Å². The molecule has 152 valence electrons. The number of carbonyl (C=O) groups is 1. The quantitative estimate of drug-likeness (QED) is 0.384. The highest BCUT2D eigenvalue weighted by atomic mass is 35.5. The van der Waals surface area contributed by atoms with Crippen molar-refractivity contribution < 1.29 is 18.3 Å². The van der Waals surface area contributed by atoms with E-state index in [-0.39, 0.29) is 23.3 Å². The van der Waals surface area contributed by atoms with Gasteiger partial charge >= 0.3 is 0 Å². The van der Waals surface area contributed by atoms with Crippen molar-refractivity contribution in [1.82, 2.24) is 20.1 Å². The van der Waals surface area contributed by atoms with Gasteiger partial charge in [0.25, 0.3) is 0 Å². The molecule has 2 aromatic heterocycles. The molecule has 0 saturated carbocycles. The van der Waals surface area contributed by atoms with Crippen LogP contribution in [-0.2, 0) is 24.5 Å². The fraction of sp³-hybridized carbons (Fsp3) is 0.211. The van der Waals surface area contributed by atoms with E-state index >= 15 is 0 Å². The van der Waals surface area contributed by atoms with Crippen molar-refractivity contribution >= 4 is 29.3 Å². The zero-order valence-electron chi connectivity index (χ0n) is 15.3. The lowest BCUT2D eigenvalue weighted by atomic mass is 10.3. The maximum absolute atomic E-state index is 13.1. The summed E-state index contributed by atoms with van der Waals surface area (Å²) < 4.78 is 25.7. The summed E-state index contributed by atoms with van der Waals surface area (Å²) in [6, 6.07) is 7.43. The van der Waals surface area contributed by atoms with Crippen LogP contribution in [0, 0.1) is 5.82 Å². The highest BCUT2D eigenvalue weighted by molar-refractivity contribution is 7.99. The van der Waals surface area contributed by atoms with Crippen LogP contribution < -0.4 is 10.1 Å². The SMILES string of the molecule is C=CCn1c(COc2ccc(F)cc2Cl)nnc1SCC(=O)NCc1ccco1. The number of furan rings is 1. The van der Waals surface area contributed by atoms with E-state index in [2.05, 4.69) is 22.1 Å². The number of carbonyl (C=O) groups excluding carboxylic acids is 1. The number of hydrogen-bond donors (Lipinski definition) is 1. The van der Waals surface area contributed by atoms with Gasteiger partial charge in [-0.2, -0.15) is 0 Å². The van der Waals surface area contributed by atoms with Crippen molar-refractivity contribution in [1.29, 1.82) is 0 Å². The maximum Gasteiger partial charge on any atom is 0.230 e. The molecule has 2 heterocycles. The highest BCUT2D eigenvalue weighted by Gasteiger charge is 2.15. The maximum atomic E-state index is 13.1. The molecule has 1 aromatic carbocycles. The Bertz CT molecular complexity index is 978. The topological polar surface area (TPSA) is 82.2 Å². The molecule has 10 heteroatoms. The third-order valence-corrected chi connectivity index (χ3v) is 4.99. The van der Waals surface area contributed by atoms with E-state index in [1.807, 2.05) is 0 Å². The van der Waals surface area contributed by atoms with E-state index in [9.17, 15) is 9.18 Å². The van der Waals surface area contributed by atoms with Crippen LogP contribution in [0.5, 0.6) is 5.75 Å². The van der Waals surface area contributed by atoms with Crippen LogP contribution in [0.25, 0.3) is 0 Å². The van der Waals surface area contributed by atoms with Gasteiger partial charge in [0.1, 0.15) is 23.9 Å². The molecule has 1 N–H and O–H groups in total. The molecule has 0 aliphatic carbocycles. The number of ether oxygens (including phenoxy) is 1. The van der Waals surface area contributed by atoms with E-state index in [4.69, 9.17) is 20.8 Å². The third-order valence-electron chi connectivity index (χ3n) is 3.73. The molecular weight excluding hydrogens is 419 g/mol. The van der Waals surface area contributed by atoms with Crippen LogP contribution >= 0.6 is 23.4 Å². The summed E-state index contributed by atoms with van der Waals surface area (Å²) >= 11 is 7.22. The molecule has 0 unspecified atom stereocenters. The fourth-order valence-electron chi connectivity index (χ4n) is 2.36. The first-order chi connectivity index (χ1) is 14.1. The summed E-state index contributed by atoms with van der Waals surface area (Å²) in [6.07, 6.45) is 3.25. The molecule has 29 heavy (non-hydrogen) atoms. The van der Waals surface area contributed by atoms with E-state index in [0.29, 0.717) is 35.6 Å². The zero-order valence-corrected chi connectivity index (χ0v) is 16.9. The molecule has 0 radical (unpaired) electrons. The minimum atomic E-state index is -0.443. The van der Waals surface area contributed by atoms with E-state index in [0.717, 1.165) is 0 Å². The monoisotopic (exact) mass is 436 g/mol. The van der Waals surface area contributed by atoms with Crippen LogP contribution in [0.2, 0.25) is 5.02 Å². The van der Waals surface area contributed by atoms with Crippen molar-refractivity contribution in [3.05, 3.63) is 71.7 Å². The normalized spacial score (nSPS) is 10.7. The molecule has 7 nitrogen and oxygen atoms in total. The number of nitrogens with one attached hydrogen (secondary N) is 1. The minimum absolute atomic E-state index is 0.0808. The Balaban J connectivity index is 1.58. The lowest BCUT2D eigenvalue weighted by molar-refractivity contribution is -0.118. The average Bonchev–Trinajstić information content (AvgIpc) is 3.35. The second kappa shape index (κ2) is 10.1. The van der Waals surface area contributed by atoms with Crippen molar-refractivity contribution in [2.45, 2.75) is 24.9 Å². The summed E-state index contributed by atoms with van der Waals surface area (Å²) in [5, 5.41) is 11.7. The molecule has 0 spiro atoms. The zero-order chi connectivity index (χ0) is 20.6. The Kier molecular flexibility index (Phi) is 7.31. The Morgan fingerprint density at radius 2 is 2.28 bits per heavy atom. The number of hydrogen-bond acceptors (Lipinski definition) is 6. The molecule has 3 rings (SSSR count). The summed E-state index contributed by atoms with van der Waals surface area (Å²) in [5.41, 5.74) is 0. The lowest BCUT2D eigenvalue weighted by Crippen LogP contribution is -2.24. The number of halogens is 2. The van der Waals surface area contributed by atoms with E-state index in [1.54, 1.807) is 29.0 Å². The molecule has 0 saturated heterocycles. The van der Waals surface area contributed by atoms with Crippen LogP contribution in [0.15, 0.2) is 58.8 Å². The van der Waals surface area contributed by atoms with Gasteiger partial charge in [-0.05, 0) is 30.3 Å². The molecule has 0 aliphatic heterocycles. The Morgan fingerprint density at radius 1 is 1.41 bits per heavy atom. The molecule has 0 aliphatic rings. The van der Waals surface area contributed by atoms with Gasteiger partial charge in [-0.1, -0.05) is 29.4 Å². The van der Waals surface area contributed by atoms with Crippen LogP contribution in [0.4, 0.5) is 4.39 Å². The minimum Gasteiger partial charge on any atom is -0.484 e. The number of nitrogens with zero attached hydrogens (tertiary/aromatic N) is 3. The van der Waals surface area contributed by atoms with Gasteiger partial charge in [0.05, 0.1) is 23.6 Å². The van der Waals surface area contributed by atoms with Gasteiger partial charge in [0.2, 0.25) is 5.91 Å². The number of amides is 1. The average molecular weight is 437 g/mol. The van der Waals surface area contributed by atoms with Crippen LogP contribution in [0.1, 0.15) is 11.6 Å². The number of benzene rings is 1. The predicted molar refractivity (Wildman–Crippen MR) is 107 cm³/mol.